The summed E-state index contributed by atoms with van der Waals surface area (Å²) in [5.74, 6) is 1.38. The second kappa shape index (κ2) is 4.61. The van der Waals surface area contributed by atoms with Crippen LogP contribution in [0, 0.1) is 0 Å². The number of nitrogens with one attached hydrogen (secondary N) is 2. The first-order valence-electron chi connectivity index (χ1n) is 6.61. The summed E-state index contributed by atoms with van der Waals surface area (Å²) in [5.41, 5.74) is 1.73. The lowest BCUT2D eigenvalue weighted by Gasteiger charge is -2.07. The van der Waals surface area contributed by atoms with Crippen molar-refractivity contribution >= 4 is 11.6 Å². The van der Waals surface area contributed by atoms with Crippen molar-refractivity contribution < 1.29 is 4.42 Å². The van der Waals surface area contributed by atoms with Gasteiger partial charge in [-0.2, -0.15) is 4.98 Å². The van der Waals surface area contributed by atoms with Gasteiger partial charge in [-0.3, -0.25) is 0 Å². The van der Waals surface area contributed by atoms with Gasteiger partial charge in [0, 0.05) is 24.3 Å². The first kappa shape index (κ1) is 11.4. The lowest BCUT2D eigenvalue weighted by molar-refractivity contribution is 0.571. The smallest absolute Gasteiger partial charge is 0.243 e. The fourth-order valence-corrected chi connectivity index (χ4v) is 2.41. The van der Waals surface area contributed by atoms with Gasteiger partial charge in [-0.05, 0) is 25.1 Å². The summed E-state index contributed by atoms with van der Waals surface area (Å²) in [7, 11) is 0. The van der Waals surface area contributed by atoms with Crippen molar-refractivity contribution in [3.63, 3.8) is 0 Å². The van der Waals surface area contributed by atoms with E-state index in [4.69, 9.17) is 4.42 Å². The zero-order valence-corrected chi connectivity index (χ0v) is 10.8. The van der Waals surface area contributed by atoms with E-state index >= 15 is 0 Å². The van der Waals surface area contributed by atoms with Crippen LogP contribution in [0.3, 0.4) is 0 Å². The van der Waals surface area contributed by atoms with Crippen molar-refractivity contribution in [2.75, 3.05) is 18.4 Å². The summed E-state index contributed by atoms with van der Waals surface area (Å²) < 4.78 is 7.04. The fraction of sp³-hybridized carbons (Fsp3) is 0.308. The molecule has 4 rings (SSSR count). The monoisotopic (exact) mass is 270 g/mol. The first-order chi connectivity index (χ1) is 9.88. The molecule has 7 nitrogen and oxygen atoms in total. The number of hydrogen-bond acceptors (Lipinski definition) is 6. The predicted molar refractivity (Wildman–Crippen MR) is 73.4 cm³/mol. The SMILES string of the molecule is c1ncc(-c2ccc3nc(N[C@@H]4CCNC4)nn3c2)o1. The predicted octanol–water partition coefficient (Wildman–Crippen LogP) is 1.16. The summed E-state index contributed by atoms with van der Waals surface area (Å²) in [6.45, 7) is 2.00. The molecule has 3 aromatic rings. The Balaban J connectivity index is 1.65. The van der Waals surface area contributed by atoms with Crippen LogP contribution in [0.1, 0.15) is 6.42 Å². The quantitative estimate of drug-likeness (QED) is 0.743. The summed E-state index contributed by atoms with van der Waals surface area (Å²) >= 11 is 0. The summed E-state index contributed by atoms with van der Waals surface area (Å²) in [5, 5.41) is 11.1. The van der Waals surface area contributed by atoms with Gasteiger partial charge in [0.1, 0.15) is 0 Å². The summed E-state index contributed by atoms with van der Waals surface area (Å²) in [4.78, 5) is 8.39. The fourth-order valence-electron chi connectivity index (χ4n) is 2.41. The zero-order valence-electron chi connectivity index (χ0n) is 10.8. The van der Waals surface area contributed by atoms with E-state index in [0.717, 1.165) is 36.5 Å². The number of oxazole rings is 1. The van der Waals surface area contributed by atoms with Crippen LogP contribution in [-0.2, 0) is 0 Å². The molecular weight excluding hydrogens is 256 g/mol. The summed E-state index contributed by atoms with van der Waals surface area (Å²) in [6.07, 6.45) is 6.09. The third-order valence-electron chi connectivity index (χ3n) is 3.44. The highest BCUT2D eigenvalue weighted by Gasteiger charge is 2.16. The Morgan fingerprint density at radius 1 is 1.40 bits per heavy atom. The average molecular weight is 270 g/mol. The van der Waals surface area contributed by atoms with Crippen LogP contribution in [-0.4, -0.2) is 38.7 Å². The van der Waals surface area contributed by atoms with Crippen LogP contribution in [0.25, 0.3) is 17.0 Å². The van der Waals surface area contributed by atoms with Gasteiger partial charge >= 0.3 is 0 Å². The molecule has 102 valence electrons. The molecule has 1 aliphatic rings. The Bertz CT molecular complexity index is 714. The standard InChI is InChI=1S/C13H14N6O/c1-2-12-17-13(16-10-3-4-14-5-10)18-19(12)7-9(1)11-6-15-8-20-11/h1-2,6-8,10,14H,3-5H2,(H,16,18)/t10-/m1/s1. The molecule has 0 bridgehead atoms. The number of nitrogens with zero attached hydrogens (tertiary/aromatic N) is 4. The van der Waals surface area contributed by atoms with Crippen molar-refractivity contribution in [3.8, 4) is 11.3 Å². The van der Waals surface area contributed by atoms with Crippen molar-refractivity contribution in [1.29, 1.82) is 0 Å². The molecule has 7 heteroatoms. The number of anilines is 1. The minimum atomic E-state index is 0.404. The largest absolute Gasteiger partial charge is 0.443 e. The number of aromatic nitrogens is 4. The minimum absolute atomic E-state index is 0.404. The van der Waals surface area contributed by atoms with Gasteiger partial charge in [-0.1, -0.05) is 0 Å². The molecule has 0 aliphatic carbocycles. The molecule has 3 aromatic heterocycles. The molecule has 4 heterocycles. The molecule has 1 saturated heterocycles. The highest BCUT2D eigenvalue weighted by molar-refractivity contribution is 5.58. The van der Waals surface area contributed by atoms with Gasteiger partial charge in [0.15, 0.2) is 17.8 Å². The highest BCUT2D eigenvalue weighted by atomic mass is 16.3. The van der Waals surface area contributed by atoms with E-state index in [1.54, 1.807) is 10.7 Å². The van der Waals surface area contributed by atoms with Crippen LogP contribution < -0.4 is 10.6 Å². The normalized spacial score (nSPS) is 18.7. The Morgan fingerprint density at radius 3 is 3.20 bits per heavy atom. The maximum Gasteiger partial charge on any atom is 0.243 e. The molecule has 2 N–H and O–H groups in total. The maximum absolute atomic E-state index is 5.29. The van der Waals surface area contributed by atoms with E-state index in [0.29, 0.717) is 12.0 Å². The number of rotatable bonds is 3. The van der Waals surface area contributed by atoms with Gasteiger partial charge in [0.25, 0.3) is 0 Å². The second-order valence-corrected chi connectivity index (χ2v) is 4.86. The van der Waals surface area contributed by atoms with Crippen LogP contribution in [0.15, 0.2) is 35.3 Å². The van der Waals surface area contributed by atoms with Crippen molar-refractivity contribution in [3.05, 3.63) is 30.9 Å². The van der Waals surface area contributed by atoms with Gasteiger partial charge in [0.2, 0.25) is 5.95 Å². The van der Waals surface area contributed by atoms with Gasteiger partial charge < -0.3 is 15.1 Å². The Kier molecular flexibility index (Phi) is 2.63. The Labute approximate surface area is 115 Å². The lowest BCUT2D eigenvalue weighted by Crippen LogP contribution is -2.22. The second-order valence-electron chi connectivity index (χ2n) is 4.86. The zero-order chi connectivity index (χ0) is 13.4. The van der Waals surface area contributed by atoms with Crippen LogP contribution >= 0.6 is 0 Å². The third-order valence-corrected chi connectivity index (χ3v) is 3.44. The van der Waals surface area contributed by atoms with Crippen LogP contribution in [0.2, 0.25) is 0 Å². The van der Waals surface area contributed by atoms with Gasteiger partial charge in [0.05, 0.1) is 6.20 Å². The van der Waals surface area contributed by atoms with Crippen molar-refractivity contribution in [2.24, 2.45) is 0 Å². The molecule has 20 heavy (non-hydrogen) atoms. The number of hydrogen-bond donors (Lipinski definition) is 2. The molecule has 0 amide bonds. The van der Waals surface area contributed by atoms with E-state index in [1.165, 1.54) is 6.39 Å². The van der Waals surface area contributed by atoms with Gasteiger partial charge in [-0.25, -0.2) is 9.50 Å². The van der Waals surface area contributed by atoms with E-state index in [1.807, 2.05) is 18.3 Å². The molecule has 0 unspecified atom stereocenters. The van der Waals surface area contributed by atoms with E-state index < -0.39 is 0 Å². The van der Waals surface area contributed by atoms with E-state index in [-0.39, 0.29) is 0 Å². The molecule has 1 aliphatic heterocycles. The molecule has 1 atom stereocenters. The molecule has 0 saturated carbocycles. The maximum atomic E-state index is 5.29. The number of fused-ring (bicyclic) bond motifs is 1. The summed E-state index contributed by atoms with van der Waals surface area (Å²) in [6, 6.07) is 4.27. The Hall–Kier alpha value is -2.41. The molecule has 0 spiro atoms. The topological polar surface area (TPSA) is 80.3 Å². The number of pyridine rings is 1. The minimum Gasteiger partial charge on any atom is -0.443 e. The molecule has 1 fully saturated rings. The molecular formula is C13H14N6O. The van der Waals surface area contributed by atoms with Crippen LogP contribution in [0.4, 0.5) is 5.95 Å². The van der Waals surface area contributed by atoms with E-state index in [9.17, 15) is 0 Å². The first-order valence-corrected chi connectivity index (χ1v) is 6.61. The van der Waals surface area contributed by atoms with Crippen LogP contribution in [0.5, 0.6) is 0 Å². The molecule has 0 radical (unpaired) electrons. The average Bonchev–Trinajstić information content (AvgIpc) is 3.19. The third kappa shape index (κ3) is 2.01. The lowest BCUT2D eigenvalue weighted by atomic mass is 10.2. The Morgan fingerprint density at radius 2 is 2.40 bits per heavy atom. The van der Waals surface area contributed by atoms with E-state index in [2.05, 4.69) is 25.7 Å². The van der Waals surface area contributed by atoms with Crippen molar-refractivity contribution in [2.45, 2.75) is 12.5 Å². The van der Waals surface area contributed by atoms with Gasteiger partial charge in [-0.15, -0.1) is 5.10 Å². The highest BCUT2D eigenvalue weighted by Crippen LogP contribution is 2.19. The molecule has 0 aromatic carbocycles. The van der Waals surface area contributed by atoms with Crippen molar-refractivity contribution in [1.82, 2.24) is 24.9 Å².